The normalized spacial score (nSPS) is 17.7. The second-order valence-electron chi connectivity index (χ2n) is 11.7. The Bertz CT molecular complexity index is 1850. The van der Waals surface area contributed by atoms with Gasteiger partial charge in [-0.25, -0.2) is 9.78 Å². The summed E-state index contributed by atoms with van der Waals surface area (Å²) in [5.74, 6) is 0.0541. The number of thiophene rings is 1. The van der Waals surface area contributed by atoms with Crippen LogP contribution in [0.3, 0.4) is 0 Å². The fraction of sp³-hybridized carbons (Fsp3) is 0.438. The number of aromatic nitrogens is 3. The molecule has 1 unspecified atom stereocenters. The predicted octanol–water partition coefficient (Wildman–Crippen LogP) is 6.43. The van der Waals surface area contributed by atoms with Crippen LogP contribution in [0.4, 0.5) is 13.2 Å². The van der Waals surface area contributed by atoms with Crippen LogP contribution in [0.2, 0.25) is 5.02 Å². The predicted molar refractivity (Wildman–Crippen MR) is 168 cm³/mol. The van der Waals surface area contributed by atoms with E-state index in [0.717, 1.165) is 17.7 Å². The second-order valence-corrected chi connectivity index (χ2v) is 13.0. The molecule has 0 amide bonds. The number of halogens is 4. The van der Waals surface area contributed by atoms with Gasteiger partial charge >= 0.3 is 12.3 Å². The van der Waals surface area contributed by atoms with Gasteiger partial charge in [-0.3, -0.25) is 24.0 Å². The number of hydrogen-bond acceptors (Lipinski definition) is 8. The average molecular weight is 677 g/mol. The Morgan fingerprint density at radius 3 is 2.61 bits per heavy atom. The highest BCUT2D eigenvalue weighted by Gasteiger charge is 2.37. The Morgan fingerprint density at radius 1 is 1.13 bits per heavy atom. The van der Waals surface area contributed by atoms with Crippen molar-refractivity contribution in [2.24, 2.45) is 0 Å². The molecule has 4 aromatic rings. The number of aryl methyl sites for hydroxylation is 3. The molecule has 0 radical (unpaired) electrons. The van der Waals surface area contributed by atoms with Gasteiger partial charge in [-0.05, 0) is 70.2 Å². The molecule has 6 rings (SSSR count). The van der Waals surface area contributed by atoms with Gasteiger partial charge in [0.15, 0.2) is 0 Å². The maximum Gasteiger partial charge on any atom is 0.522 e. The van der Waals surface area contributed by atoms with Gasteiger partial charge < -0.3 is 9.84 Å². The standard InChI is InChI=1S/C32H32ClF3N4O5S/c1-17-13-23(29-28(37-17)25(16-46-29)31(42)43)22-14-19(33)3-6-27(22)44-12-11-40-18(2)38-26-5-4-20(15-24(26)30(40)41)39-9-7-21(8-10-39)45-32(34,35)36/h3,6,13-14,16,20-21H,4-5,7-12,15H2,1-2H3,(H,42,43). The molecule has 14 heteroatoms. The van der Waals surface area contributed by atoms with Gasteiger partial charge in [0.2, 0.25) is 0 Å². The number of pyridine rings is 1. The zero-order valence-electron chi connectivity index (χ0n) is 25.2. The first-order valence-electron chi connectivity index (χ1n) is 15.0. The van der Waals surface area contributed by atoms with Crippen molar-refractivity contribution < 1.29 is 32.5 Å². The summed E-state index contributed by atoms with van der Waals surface area (Å²) in [6.07, 6.45) is -2.98. The highest BCUT2D eigenvalue weighted by atomic mass is 35.5. The lowest BCUT2D eigenvalue weighted by Crippen LogP contribution is -2.48. The number of carbonyl (C=O) groups is 1. The third-order valence-corrected chi connectivity index (χ3v) is 9.91. The van der Waals surface area contributed by atoms with Crippen molar-refractivity contribution >= 4 is 39.1 Å². The quantitative estimate of drug-likeness (QED) is 0.228. The van der Waals surface area contributed by atoms with Crippen molar-refractivity contribution in [3.8, 4) is 16.9 Å². The van der Waals surface area contributed by atoms with Gasteiger partial charge in [0.05, 0.1) is 34.1 Å². The maximum absolute atomic E-state index is 13.7. The number of fused-ring (bicyclic) bond motifs is 2. The average Bonchev–Trinajstić information content (AvgIpc) is 3.43. The third kappa shape index (κ3) is 6.78. The molecule has 244 valence electrons. The topological polar surface area (TPSA) is 107 Å². The number of aromatic carboxylic acids is 1. The molecule has 1 fully saturated rings. The first-order valence-corrected chi connectivity index (χ1v) is 16.3. The van der Waals surface area contributed by atoms with Crippen molar-refractivity contribution in [3.63, 3.8) is 0 Å². The van der Waals surface area contributed by atoms with Crippen molar-refractivity contribution in [2.45, 2.75) is 71.0 Å². The molecule has 0 bridgehead atoms. The minimum absolute atomic E-state index is 0.0532. The van der Waals surface area contributed by atoms with E-state index in [1.54, 1.807) is 42.0 Å². The Balaban J connectivity index is 1.18. The van der Waals surface area contributed by atoms with Gasteiger partial charge in [0.25, 0.3) is 5.56 Å². The maximum atomic E-state index is 13.7. The molecule has 4 heterocycles. The van der Waals surface area contributed by atoms with Gasteiger partial charge in [-0.15, -0.1) is 24.5 Å². The first kappa shape index (κ1) is 32.4. The number of rotatable bonds is 8. The number of benzene rings is 1. The molecule has 1 aliphatic carbocycles. The van der Waals surface area contributed by atoms with Crippen molar-refractivity contribution in [1.29, 1.82) is 0 Å². The number of carboxylic acids is 1. The fourth-order valence-electron chi connectivity index (χ4n) is 6.51. The van der Waals surface area contributed by atoms with Crippen molar-refractivity contribution in [1.82, 2.24) is 19.4 Å². The van der Waals surface area contributed by atoms with E-state index in [0.29, 0.717) is 82.4 Å². The molecule has 1 saturated heterocycles. The molecule has 0 saturated carbocycles. The van der Waals surface area contributed by atoms with E-state index < -0.39 is 18.4 Å². The molecule has 9 nitrogen and oxygen atoms in total. The molecular weight excluding hydrogens is 645 g/mol. The molecule has 1 aromatic carbocycles. The lowest BCUT2D eigenvalue weighted by atomic mass is 9.90. The lowest BCUT2D eigenvalue weighted by molar-refractivity contribution is -0.346. The largest absolute Gasteiger partial charge is 0.522 e. The molecule has 0 spiro atoms. The molecule has 1 N–H and O–H groups in total. The Morgan fingerprint density at radius 2 is 1.89 bits per heavy atom. The number of nitrogens with zero attached hydrogens (tertiary/aromatic N) is 4. The monoisotopic (exact) mass is 676 g/mol. The van der Waals surface area contributed by atoms with E-state index >= 15 is 0 Å². The Hall–Kier alpha value is -3.52. The van der Waals surface area contributed by atoms with Crippen LogP contribution in [0.25, 0.3) is 21.3 Å². The van der Waals surface area contributed by atoms with Crippen LogP contribution < -0.4 is 10.3 Å². The summed E-state index contributed by atoms with van der Waals surface area (Å²) in [5, 5.41) is 11.7. The van der Waals surface area contributed by atoms with E-state index in [9.17, 15) is 27.9 Å². The summed E-state index contributed by atoms with van der Waals surface area (Å²) in [6.45, 7) is 4.95. The van der Waals surface area contributed by atoms with Gasteiger partial charge in [-0.1, -0.05) is 11.6 Å². The van der Waals surface area contributed by atoms with Crippen LogP contribution >= 0.6 is 22.9 Å². The van der Waals surface area contributed by atoms with E-state index in [4.69, 9.17) is 21.3 Å². The van der Waals surface area contributed by atoms with Gasteiger partial charge in [0.1, 0.15) is 18.2 Å². The zero-order valence-corrected chi connectivity index (χ0v) is 26.8. The number of likely N-dealkylation sites (tertiary alicyclic amines) is 1. The summed E-state index contributed by atoms with van der Waals surface area (Å²) in [5.41, 5.74) is 3.90. The van der Waals surface area contributed by atoms with Crippen molar-refractivity contribution in [2.75, 3.05) is 19.7 Å². The highest BCUT2D eigenvalue weighted by Crippen LogP contribution is 2.40. The Labute approximate surface area is 271 Å². The molecule has 1 atom stereocenters. The van der Waals surface area contributed by atoms with E-state index in [-0.39, 0.29) is 30.3 Å². The highest BCUT2D eigenvalue weighted by molar-refractivity contribution is 7.18. The molecule has 3 aromatic heterocycles. The van der Waals surface area contributed by atoms with Crippen LogP contribution in [-0.2, 0) is 24.1 Å². The van der Waals surface area contributed by atoms with E-state index in [2.05, 4.69) is 14.6 Å². The summed E-state index contributed by atoms with van der Waals surface area (Å²) in [4.78, 5) is 36.9. The zero-order chi connectivity index (χ0) is 32.7. The fourth-order valence-corrected chi connectivity index (χ4v) is 7.69. The minimum Gasteiger partial charge on any atom is -0.491 e. The number of hydrogen-bond donors (Lipinski definition) is 1. The van der Waals surface area contributed by atoms with Crippen LogP contribution in [0.15, 0.2) is 34.4 Å². The van der Waals surface area contributed by atoms with Gasteiger partial charge in [-0.2, -0.15) is 0 Å². The molecule has 46 heavy (non-hydrogen) atoms. The van der Waals surface area contributed by atoms with E-state index in [1.165, 1.54) is 11.3 Å². The summed E-state index contributed by atoms with van der Waals surface area (Å²) in [7, 11) is 0. The molecule has 1 aliphatic heterocycles. The number of alkyl halides is 3. The molecule has 2 aliphatic rings. The second kappa shape index (κ2) is 12.9. The smallest absolute Gasteiger partial charge is 0.491 e. The van der Waals surface area contributed by atoms with E-state index in [1.807, 2.05) is 6.07 Å². The third-order valence-electron chi connectivity index (χ3n) is 8.67. The van der Waals surface area contributed by atoms with Crippen LogP contribution in [-0.4, -0.2) is 68.7 Å². The Kier molecular flexibility index (Phi) is 9.12. The van der Waals surface area contributed by atoms with Crippen LogP contribution in [0, 0.1) is 13.8 Å². The SMILES string of the molecule is Cc1cc(-c2cc(Cl)ccc2OCCn2c(C)nc3c(c2=O)CC(N2CCC(OC(F)(F)F)CC2)CC3)c2scc(C(=O)O)c2n1. The van der Waals surface area contributed by atoms with Crippen LogP contribution in [0.1, 0.15) is 52.4 Å². The van der Waals surface area contributed by atoms with Crippen LogP contribution in [0.5, 0.6) is 5.75 Å². The summed E-state index contributed by atoms with van der Waals surface area (Å²) < 4.78 is 50.7. The first-order chi connectivity index (χ1) is 21.9. The van der Waals surface area contributed by atoms with Gasteiger partial charge in [0, 0.05) is 51.9 Å². The number of ether oxygens (including phenoxy) is 2. The molecular formula is C32H32ClF3N4O5S. The number of piperidine rings is 1. The summed E-state index contributed by atoms with van der Waals surface area (Å²) >= 11 is 7.67. The lowest BCUT2D eigenvalue weighted by Gasteiger charge is -2.39. The minimum atomic E-state index is -4.63. The summed E-state index contributed by atoms with van der Waals surface area (Å²) in [6, 6.07) is 7.14. The number of carboxylic acid groups (broad SMARTS) is 1. The van der Waals surface area contributed by atoms with Crippen molar-refractivity contribution in [3.05, 3.63) is 73.4 Å².